The van der Waals surface area contributed by atoms with E-state index in [1.54, 1.807) is 23.1 Å². The van der Waals surface area contributed by atoms with Crippen molar-refractivity contribution in [3.05, 3.63) is 18.5 Å². The zero-order valence-corrected chi connectivity index (χ0v) is 11.9. The zero-order chi connectivity index (χ0) is 13.2. The lowest BCUT2D eigenvalue weighted by Gasteiger charge is -2.11. The number of thiazole rings is 1. The molecular formula is C10H11N7S2. The van der Waals surface area contributed by atoms with Crippen LogP contribution in [-0.4, -0.2) is 36.4 Å². The molecule has 9 heteroatoms. The Bertz CT molecular complexity index is 678. The minimum Gasteiger partial charge on any atom is -0.359 e. The van der Waals surface area contributed by atoms with Crippen LogP contribution >= 0.6 is 23.1 Å². The summed E-state index contributed by atoms with van der Waals surface area (Å²) in [5, 5.41) is 9.98. The first-order valence-corrected chi connectivity index (χ1v) is 7.59. The maximum absolute atomic E-state index is 4.42. The monoisotopic (exact) mass is 293 g/mol. The molecule has 98 valence electrons. The third-order valence-electron chi connectivity index (χ3n) is 2.54. The molecule has 0 saturated heterocycles. The maximum atomic E-state index is 4.42. The normalized spacial score (nSPS) is 12.7. The highest BCUT2D eigenvalue weighted by Crippen LogP contribution is 2.31. The summed E-state index contributed by atoms with van der Waals surface area (Å²) in [5.41, 5.74) is 0.719. The fourth-order valence-corrected chi connectivity index (χ4v) is 3.09. The Labute approximate surface area is 117 Å². The van der Waals surface area contributed by atoms with E-state index in [4.69, 9.17) is 0 Å². The first kappa shape index (κ1) is 12.3. The number of fused-ring (bicyclic) bond motifs is 1. The van der Waals surface area contributed by atoms with Crippen LogP contribution in [0.1, 0.15) is 18.8 Å². The van der Waals surface area contributed by atoms with E-state index in [1.807, 2.05) is 13.2 Å². The molecule has 3 rings (SSSR count). The Balaban J connectivity index is 1.94. The van der Waals surface area contributed by atoms with E-state index in [0.717, 1.165) is 26.3 Å². The van der Waals surface area contributed by atoms with Crippen molar-refractivity contribution in [2.24, 2.45) is 0 Å². The summed E-state index contributed by atoms with van der Waals surface area (Å²) in [5.74, 6) is 1.54. The quantitative estimate of drug-likeness (QED) is 0.711. The summed E-state index contributed by atoms with van der Waals surface area (Å²) in [6.07, 6.45) is 5.00. The molecule has 0 amide bonds. The summed E-state index contributed by atoms with van der Waals surface area (Å²) in [6.45, 7) is 1.99. The van der Waals surface area contributed by atoms with Gasteiger partial charge in [0.15, 0.2) is 9.99 Å². The Morgan fingerprint density at radius 3 is 2.95 bits per heavy atom. The molecule has 0 spiro atoms. The van der Waals surface area contributed by atoms with Crippen LogP contribution in [-0.2, 0) is 0 Å². The zero-order valence-electron chi connectivity index (χ0n) is 10.3. The summed E-state index contributed by atoms with van der Waals surface area (Å²) in [4.78, 5) is 17.0. The van der Waals surface area contributed by atoms with Crippen molar-refractivity contribution < 1.29 is 0 Å². The van der Waals surface area contributed by atoms with Gasteiger partial charge in [-0.15, -0.1) is 11.3 Å². The lowest BCUT2D eigenvalue weighted by molar-refractivity contribution is 0.791. The fraction of sp³-hybridized carbons (Fsp3) is 0.300. The van der Waals surface area contributed by atoms with Crippen LogP contribution in [0.3, 0.4) is 0 Å². The van der Waals surface area contributed by atoms with Gasteiger partial charge in [-0.1, -0.05) is 11.8 Å². The van der Waals surface area contributed by atoms with Crippen LogP contribution in [0.2, 0.25) is 0 Å². The maximum Gasteiger partial charge on any atom is 0.176 e. The number of aromatic amines is 1. The predicted octanol–water partition coefficient (Wildman–Crippen LogP) is 2.10. The lowest BCUT2D eigenvalue weighted by atomic mass is 10.3. The molecule has 1 atom stereocenters. The van der Waals surface area contributed by atoms with Gasteiger partial charge in [-0.25, -0.2) is 19.9 Å². The molecule has 7 nitrogen and oxygen atoms in total. The molecule has 0 aliphatic rings. The van der Waals surface area contributed by atoms with E-state index >= 15 is 0 Å². The van der Waals surface area contributed by atoms with E-state index in [0.29, 0.717) is 0 Å². The Morgan fingerprint density at radius 2 is 2.21 bits per heavy atom. The molecule has 0 bridgehead atoms. The second kappa shape index (κ2) is 5.10. The van der Waals surface area contributed by atoms with E-state index < -0.39 is 0 Å². The number of hydrogen-bond donors (Lipinski definition) is 2. The first-order valence-electron chi connectivity index (χ1n) is 5.55. The van der Waals surface area contributed by atoms with Gasteiger partial charge in [0.25, 0.3) is 0 Å². The first-order chi connectivity index (χ1) is 9.28. The summed E-state index contributed by atoms with van der Waals surface area (Å²) in [7, 11) is 0. The fourth-order valence-electron chi connectivity index (χ4n) is 1.62. The van der Waals surface area contributed by atoms with Gasteiger partial charge in [0.2, 0.25) is 0 Å². The smallest absolute Gasteiger partial charge is 0.176 e. The topological polar surface area (TPSA) is 92.3 Å². The lowest BCUT2D eigenvalue weighted by Crippen LogP contribution is -2.09. The largest absolute Gasteiger partial charge is 0.359 e. The van der Waals surface area contributed by atoms with Crippen molar-refractivity contribution in [3.8, 4) is 0 Å². The SMILES string of the molecule is CSc1nc2ncnc(NC(C)c3ncn[nH]3)c2s1. The molecule has 0 aliphatic carbocycles. The van der Waals surface area contributed by atoms with E-state index in [2.05, 4.69) is 35.5 Å². The Hall–Kier alpha value is -1.74. The molecule has 0 fully saturated rings. The van der Waals surface area contributed by atoms with Gasteiger partial charge in [-0.3, -0.25) is 5.10 Å². The van der Waals surface area contributed by atoms with Gasteiger partial charge in [0, 0.05) is 0 Å². The van der Waals surface area contributed by atoms with Crippen LogP contribution in [0, 0.1) is 0 Å². The van der Waals surface area contributed by atoms with Crippen LogP contribution in [0.25, 0.3) is 10.3 Å². The van der Waals surface area contributed by atoms with E-state index in [-0.39, 0.29) is 6.04 Å². The number of anilines is 1. The summed E-state index contributed by atoms with van der Waals surface area (Å²) in [6, 6.07) is -0.0135. The number of aromatic nitrogens is 6. The molecule has 0 radical (unpaired) electrons. The molecular weight excluding hydrogens is 282 g/mol. The summed E-state index contributed by atoms with van der Waals surface area (Å²) >= 11 is 3.18. The highest BCUT2D eigenvalue weighted by atomic mass is 32.2. The van der Waals surface area contributed by atoms with Crippen molar-refractivity contribution in [2.45, 2.75) is 17.3 Å². The van der Waals surface area contributed by atoms with Crippen LogP contribution < -0.4 is 5.32 Å². The van der Waals surface area contributed by atoms with Gasteiger partial charge >= 0.3 is 0 Å². The van der Waals surface area contributed by atoms with Crippen molar-refractivity contribution in [1.29, 1.82) is 0 Å². The van der Waals surface area contributed by atoms with Crippen molar-refractivity contribution in [2.75, 3.05) is 11.6 Å². The Kier molecular flexibility index (Phi) is 3.30. The number of hydrogen-bond acceptors (Lipinski definition) is 8. The highest BCUT2D eigenvalue weighted by molar-refractivity contribution is 8.00. The number of nitrogens with zero attached hydrogens (tertiary/aromatic N) is 5. The van der Waals surface area contributed by atoms with Crippen molar-refractivity contribution >= 4 is 39.3 Å². The molecule has 2 N–H and O–H groups in total. The molecule has 0 aromatic carbocycles. The molecule has 3 heterocycles. The second-order valence-electron chi connectivity index (χ2n) is 3.80. The highest BCUT2D eigenvalue weighted by Gasteiger charge is 2.14. The van der Waals surface area contributed by atoms with Gasteiger partial charge in [-0.05, 0) is 13.2 Å². The van der Waals surface area contributed by atoms with Gasteiger partial charge in [0.05, 0.1) is 6.04 Å². The van der Waals surface area contributed by atoms with Crippen molar-refractivity contribution in [3.63, 3.8) is 0 Å². The molecule has 0 saturated carbocycles. The van der Waals surface area contributed by atoms with Crippen LogP contribution in [0.4, 0.5) is 5.82 Å². The van der Waals surface area contributed by atoms with Gasteiger partial charge in [-0.2, -0.15) is 5.10 Å². The van der Waals surface area contributed by atoms with Crippen LogP contribution in [0.15, 0.2) is 17.0 Å². The third kappa shape index (κ3) is 2.38. The predicted molar refractivity (Wildman–Crippen MR) is 75.4 cm³/mol. The Morgan fingerprint density at radius 1 is 1.32 bits per heavy atom. The average Bonchev–Trinajstić information content (AvgIpc) is 3.08. The number of rotatable bonds is 4. The standard InChI is InChI=1S/C10H11N7S2/c1-5(7-13-4-14-17-7)15-8-6-9(12-3-11-8)16-10(18-2)19-6/h3-5H,1-2H3,(H,11,12,15)(H,13,14,17). The minimum absolute atomic E-state index is 0.0135. The van der Waals surface area contributed by atoms with E-state index in [1.165, 1.54) is 12.7 Å². The van der Waals surface area contributed by atoms with Gasteiger partial charge in [0.1, 0.15) is 29.0 Å². The summed E-state index contributed by atoms with van der Waals surface area (Å²) < 4.78 is 1.93. The molecule has 3 aromatic rings. The van der Waals surface area contributed by atoms with E-state index in [9.17, 15) is 0 Å². The van der Waals surface area contributed by atoms with Gasteiger partial charge < -0.3 is 5.32 Å². The number of nitrogens with one attached hydrogen (secondary N) is 2. The molecule has 19 heavy (non-hydrogen) atoms. The second-order valence-corrected chi connectivity index (χ2v) is 5.85. The molecule has 0 aliphatic heterocycles. The molecule has 1 unspecified atom stereocenters. The molecule has 3 aromatic heterocycles. The van der Waals surface area contributed by atoms with Crippen molar-refractivity contribution in [1.82, 2.24) is 30.1 Å². The average molecular weight is 293 g/mol. The number of H-pyrrole nitrogens is 1. The van der Waals surface area contributed by atoms with Crippen LogP contribution in [0.5, 0.6) is 0 Å². The minimum atomic E-state index is -0.0135. The number of thioether (sulfide) groups is 1. The third-order valence-corrected chi connectivity index (χ3v) is 4.58.